The lowest BCUT2D eigenvalue weighted by Crippen LogP contribution is -2.44. The number of hydrogen-bond acceptors (Lipinski definition) is 5. The van der Waals surface area contributed by atoms with Crippen LogP contribution in [-0.4, -0.2) is 59.0 Å². The van der Waals surface area contributed by atoms with Gasteiger partial charge in [0.25, 0.3) is 10.0 Å². The largest absolute Gasteiger partial charge is 0.367 e. The summed E-state index contributed by atoms with van der Waals surface area (Å²) in [6.07, 6.45) is 0.641. The first-order valence-corrected chi connectivity index (χ1v) is 11.8. The second-order valence-electron chi connectivity index (χ2n) is 7.77. The van der Waals surface area contributed by atoms with Crippen molar-refractivity contribution < 1.29 is 13.2 Å². The van der Waals surface area contributed by atoms with Crippen LogP contribution in [0, 0.1) is 0 Å². The highest BCUT2D eigenvalue weighted by Crippen LogP contribution is 2.34. The number of anilines is 3. The fraction of sp³-hybridized carbons (Fsp3) is 0.381. The van der Waals surface area contributed by atoms with E-state index in [1.807, 2.05) is 6.07 Å². The molecule has 1 saturated heterocycles. The van der Waals surface area contributed by atoms with Crippen LogP contribution in [0.15, 0.2) is 41.3 Å². The number of fused-ring (bicyclic) bond motifs is 1. The molecule has 30 heavy (non-hydrogen) atoms. The first-order valence-electron chi connectivity index (χ1n) is 9.91. The van der Waals surface area contributed by atoms with Crippen molar-refractivity contribution in [2.24, 2.45) is 0 Å². The third-order valence-electron chi connectivity index (χ3n) is 5.68. The van der Waals surface area contributed by atoms with Crippen LogP contribution in [0.5, 0.6) is 0 Å². The number of halogens is 1. The zero-order chi connectivity index (χ0) is 21.5. The standard InChI is InChI=1S/C21H25ClN4O3S/c1-15(27)26-8-7-16-13-18(4-6-20(16)26)30(28,29)23-19-14-17(22)3-5-21(19)25-11-9-24(2)10-12-25/h3-6,13-14,23H,7-12H2,1-2H3. The quantitative estimate of drug-likeness (QED) is 0.778. The predicted octanol–water partition coefficient (Wildman–Crippen LogP) is 2.80. The number of hydrogen-bond donors (Lipinski definition) is 1. The van der Waals surface area contributed by atoms with E-state index in [2.05, 4.69) is 21.6 Å². The van der Waals surface area contributed by atoms with Crippen molar-refractivity contribution in [2.75, 3.05) is 54.3 Å². The highest BCUT2D eigenvalue weighted by atomic mass is 35.5. The topological polar surface area (TPSA) is 73.0 Å². The fourth-order valence-electron chi connectivity index (χ4n) is 3.99. The van der Waals surface area contributed by atoms with Crippen LogP contribution in [-0.2, 0) is 21.2 Å². The van der Waals surface area contributed by atoms with Gasteiger partial charge in [-0.05, 0) is 55.4 Å². The lowest BCUT2D eigenvalue weighted by molar-refractivity contribution is -0.116. The molecule has 0 bridgehead atoms. The molecule has 0 aliphatic carbocycles. The van der Waals surface area contributed by atoms with Gasteiger partial charge in [-0.1, -0.05) is 11.6 Å². The third-order valence-corrected chi connectivity index (χ3v) is 7.28. The van der Waals surface area contributed by atoms with Crippen molar-refractivity contribution in [3.63, 3.8) is 0 Å². The van der Waals surface area contributed by atoms with Crippen molar-refractivity contribution in [2.45, 2.75) is 18.2 Å². The summed E-state index contributed by atoms with van der Waals surface area (Å²) in [4.78, 5) is 18.0. The molecule has 2 aromatic rings. The number of piperazine rings is 1. The van der Waals surface area contributed by atoms with Crippen molar-refractivity contribution in [1.29, 1.82) is 0 Å². The number of carbonyl (C=O) groups excluding carboxylic acids is 1. The highest BCUT2D eigenvalue weighted by Gasteiger charge is 2.26. The second-order valence-corrected chi connectivity index (χ2v) is 9.89. The number of rotatable bonds is 4. The van der Waals surface area contributed by atoms with Gasteiger partial charge in [0.05, 0.1) is 16.3 Å². The molecule has 0 radical (unpaired) electrons. The molecule has 1 amide bonds. The second kappa shape index (κ2) is 8.09. The molecule has 0 unspecified atom stereocenters. The van der Waals surface area contributed by atoms with Crippen LogP contribution in [0.2, 0.25) is 5.02 Å². The van der Waals surface area contributed by atoms with E-state index in [0.717, 1.165) is 43.1 Å². The van der Waals surface area contributed by atoms with Crippen molar-refractivity contribution in [3.8, 4) is 0 Å². The van der Waals surface area contributed by atoms with E-state index >= 15 is 0 Å². The van der Waals surface area contributed by atoms with Gasteiger partial charge in [-0.25, -0.2) is 8.42 Å². The molecule has 0 spiro atoms. The van der Waals surface area contributed by atoms with E-state index in [0.29, 0.717) is 23.7 Å². The molecular formula is C21H25ClN4O3S. The van der Waals surface area contributed by atoms with Gasteiger partial charge >= 0.3 is 0 Å². The van der Waals surface area contributed by atoms with Gasteiger partial charge in [0.1, 0.15) is 0 Å². The first-order chi connectivity index (χ1) is 14.2. The minimum absolute atomic E-state index is 0.0433. The molecule has 1 fully saturated rings. The van der Waals surface area contributed by atoms with Crippen LogP contribution >= 0.6 is 11.6 Å². The molecular weight excluding hydrogens is 424 g/mol. The van der Waals surface area contributed by atoms with E-state index in [4.69, 9.17) is 11.6 Å². The summed E-state index contributed by atoms with van der Waals surface area (Å²) < 4.78 is 29.0. The van der Waals surface area contributed by atoms with Gasteiger partial charge in [-0.2, -0.15) is 0 Å². The summed E-state index contributed by atoms with van der Waals surface area (Å²) in [7, 11) is -1.74. The smallest absolute Gasteiger partial charge is 0.261 e. The summed E-state index contributed by atoms with van der Waals surface area (Å²) in [5.41, 5.74) is 2.93. The molecule has 0 aromatic heterocycles. The Hall–Kier alpha value is -2.29. The lowest BCUT2D eigenvalue weighted by atomic mass is 10.2. The van der Waals surface area contributed by atoms with Crippen LogP contribution in [0.3, 0.4) is 0 Å². The fourth-order valence-corrected chi connectivity index (χ4v) is 5.28. The van der Waals surface area contributed by atoms with Gasteiger partial charge in [-0.15, -0.1) is 0 Å². The SMILES string of the molecule is CC(=O)N1CCc2cc(S(=O)(=O)Nc3cc(Cl)ccc3N3CCN(C)CC3)ccc21. The number of nitrogens with zero attached hydrogens (tertiary/aromatic N) is 3. The maximum absolute atomic E-state index is 13.2. The first kappa shape index (κ1) is 21.0. The Morgan fingerprint density at radius 1 is 1.00 bits per heavy atom. The molecule has 0 atom stereocenters. The van der Waals surface area contributed by atoms with Crippen LogP contribution < -0.4 is 14.5 Å². The van der Waals surface area contributed by atoms with Gasteiger partial charge < -0.3 is 14.7 Å². The summed E-state index contributed by atoms with van der Waals surface area (Å²) in [6, 6.07) is 10.2. The number of sulfonamides is 1. The summed E-state index contributed by atoms with van der Waals surface area (Å²) in [5.74, 6) is -0.0433. The summed E-state index contributed by atoms with van der Waals surface area (Å²) >= 11 is 6.18. The monoisotopic (exact) mass is 448 g/mol. The average molecular weight is 449 g/mol. The molecule has 2 heterocycles. The number of likely N-dealkylation sites (N-methyl/N-ethyl adjacent to an activating group) is 1. The van der Waals surface area contributed by atoms with E-state index < -0.39 is 10.0 Å². The molecule has 2 aromatic carbocycles. The van der Waals surface area contributed by atoms with E-state index in [9.17, 15) is 13.2 Å². The van der Waals surface area contributed by atoms with Gasteiger partial charge in [0.2, 0.25) is 5.91 Å². The number of nitrogens with one attached hydrogen (secondary N) is 1. The van der Waals surface area contributed by atoms with E-state index in [-0.39, 0.29) is 10.8 Å². The maximum Gasteiger partial charge on any atom is 0.261 e. The maximum atomic E-state index is 13.2. The van der Waals surface area contributed by atoms with Crippen LogP contribution in [0.25, 0.3) is 0 Å². The van der Waals surface area contributed by atoms with E-state index in [1.54, 1.807) is 35.2 Å². The Balaban J connectivity index is 1.63. The van der Waals surface area contributed by atoms with Crippen LogP contribution in [0.4, 0.5) is 17.1 Å². The highest BCUT2D eigenvalue weighted by molar-refractivity contribution is 7.92. The predicted molar refractivity (Wildman–Crippen MR) is 120 cm³/mol. The third kappa shape index (κ3) is 4.12. The number of benzene rings is 2. The Bertz CT molecular complexity index is 1080. The normalized spacial score (nSPS) is 17.2. The average Bonchev–Trinajstić information content (AvgIpc) is 3.12. The minimum Gasteiger partial charge on any atom is -0.367 e. The van der Waals surface area contributed by atoms with Gasteiger partial charge in [0, 0.05) is 50.4 Å². The Labute approximate surface area is 182 Å². The summed E-state index contributed by atoms with van der Waals surface area (Å²) in [5, 5.41) is 0.469. The Morgan fingerprint density at radius 3 is 2.40 bits per heavy atom. The van der Waals surface area contributed by atoms with E-state index in [1.165, 1.54) is 6.92 Å². The lowest BCUT2D eigenvalue weighted by Gasteiger charge is -2.35. The Kier molecular flexibility index (Phi) is 5.65. The molecule has 1 N–H and O–H groups in total. The Morgan fingerprint density at radius 2 is 1.70 bits per heavy atom. The number of amides is 1. The van der Waals surface area contributed by atoms with Gasteiger partial charge in [-0.3, -0.25) is 9.52 Å². The van der Waals surface area contributed by atoms with Gasteiger partial charge in [0.15, 0.2) is 0 Å². The molecule has 2 aliphatic rings. The summed E-state index contributed by atoms with van der Waals surface area (Å²) in [6.45, 7) is 5.53. The molecule has 7 nitrogen and oxygen atoms in total. The molecule has 9 heteroatoms. The molecule has 160 valence electrons. The van der Waals surface area contributed by atoms with Crippen molar-refractivity contribution in [1.82, 2.24) is 4.90 Å². The molecule has 4 rings (SSSR count). The van der Waals surface area contributed by atoms with Crippen molar-refractivity contribution in [3.05, 3.63) is 47.0 Å². The van der Waals surface area contributed by atoms with Crippen molar-refractivity contribution >= 4 is 44.6 Å². The van der Waals surface area contributed by atoms with Crippen LogP contribution in [0.1, 0.15) is 12.5 Å². The minimum atomic E-state index is -3.81. The molecule has 0 saturated carbocycles. The number of carbonyl (C=O) groups is 1. The molecule has 2 aliphatic heterocycles. The zero-order valence-electron chi connectivity index (χ0n) is 17.1. The zero-order valence-corrected chi connectivity index (χ0v) is 18.6.